The quantitative estimate of drug-likeness (QED) is 0.827. The molecule has 1 aromatic rings. The van der Waals surface area contributed by atoms with E-state index in [0.717, 1.165) is 13.1 Å². The van der Waals surface area contributed by atoms with Crippen LogP contribution in [0.25, 0.3) is 0 Å². The lowest BCUT2D eigenvalue weighted by atomic mass is 10.1. The number of hydrogen-bond acceptors (Lipinski definition) is 2. The van der Waals surface area contributed by atoms with Crippen LogP contribution in [0.15, 0.2) is 18.2 Å². The Morgan fingerprint density at radius 2 is 2.12 bits per heavy atom. The number of nitrogens with one attached hydrogen (secondary N) is 2. The zero-order valence-electron chi connectivity index (χ0n) is 10.5. The molecular formula is C15H22N2. The van der Waals surface area contributed by atoms with Gasteiger partial charge in [0.1, 0.15) is 0 Å². The zero-order valence-corrected chi connectivity index (χ0v) is 10.5. The Kier molecular flexibility index (Phi) is 3.44. The molecule has 3 rings (SSSR count). The minimum absolute atomic E-state index is 0.699. The molecule has 92 valence electrons. The van der Waals surface area contributed by atoms with Crippen molar-refractivity contribution in [2.45, 2.75) is 44.7 Å². The Labute approximate surface area is 104 Å². The predicted octanol–water partition coefficient (Wildman–Crippen LogP) is 2.02. The van der Waals surface area contributed by atoms with E-state index in [1.54, 1.807) is 11.1 Å². The van der Waals surface area contributed by atoms with Gasteiger partial charge in [-0.1, -0.05) is 18.2 Å². The molecule has 2 nitrogen and oxygen atoms in total. The van der Waals surface area contributed by atoms with E-state index in [1.165, 1.54) is 44.2 Å². The lowest BCUT2D eigenvalue weighted by Crippen LogP contribution is -2.33. The lowest BCUT2D eigenvalue weighted by molar-refractivity contribution is 0.535. The van der Waals surface area contributed by atoms with E-state index in [2.05, 4.69) is 28.8 Å². The maximum Gasteiger partial charge on any atom is 0.0206 e. The second-order valence-electron chi connectivity index (χ2n) is 5.38. The molecule has 0 bridgehead atoms. The standard InChI is InChI=1S/C15H22N2/c1-3-13-7-6-12(9-14(13)4-1)10-16-11-15-5-2-8-17-15/h6-7,9,15-17H,1-5,8,10-11H2. The minimum atomic E-state index is 0.699. The summed E-state index contributed by atoms with van der Waals surface area (Å²) in [4.78, 5) is 0. The molecule has 2 N–H and O–H groups in total. The van der Waals surface area contributed by atoms with E-state index in [9.17, 15) is 0 Å². The first-order valence-corrected chi connectivity index (χ1v) is 6.96. The summed E-state index contributed by atoms with van der Waals surface area (Å²) >= 11 is 0. The average molecular weight is 230 g/mol. The van der Waals surface area contributed by atoms with Crippen LogP contribution >= 0.6 is 0 Å². The number of hydrogen-bond donors (Lipinski definition) is 2. The summed E-state index contributed by atoms with van der Waals surface area (Å²) < 4.78 is 0. The lowest BCUT2D eigenvalue weighted by Gasteiger charge is -2.12. The summed E-state index contributed by atoms with van der Waals surface area (Å²) in [6.07, 6.45) is 6.59. The number of rotatable bonds is 4. The van der Waals surface area contributed by atoms with Crippen LogP contribution in [0.2, 0.25) is 0 Å². The van der Waals surface area contributed by atoms with Gasteiger partial charge in [0, 0.05) is 19.1 Å². The first-order chi connectivity index (χ1) is 8.42. The molecule has 0 radical (unpaired) electrons. The van der Waals surface area contributed by atoms with Crippen LogP contribution in [0.3, 0.4) is 0 Å². The van der Waals surface area contributed by atoms with Gasteiger partial charge in [-0.3, -0.25) is 0 Å². The van der Waals surface area contributed by atoms with Gasteiger partial charge in [0.25, 0.3) is 0 Å². The van der Waals surface area contributed by atoms with Crippen molar-refractivity contribution in [1.82, 2.24) is 10.6 Å². The van der Waals surface area contributed by atoms with E-state index in [-0.39, 0.29) is 0 Å². The molecular weight excluding hydrogens is 208 g/mol. The van der Waals surface area contributed by atoms with Crippen molar-refractivity contribution in [2.75, 3.05) is 13.1 Å². The average Bonchev–Trinajstić information content (AvgIpc) is 2.98. The van der Waals surface area contributed by atoms with Crippen LogP contribution in [-0.2, 0) is 19.4 Å². The van der Waals surface area contributed by atoms with Gasteiger partial charge in [0.2, 0.25) is 0 Å². The molecule has 1 unspecified atom stereocenters. The normalized spacial score (nSPS) is 22.9. The Balaban J connectivity index is 1.51. The van der Waals surface area contributed by atoms with Gasteiger partial charge in [-0.05, 0) is 55.3 Å². The fraction of sp³-hybridized carbons (Fsp3) is 0.600. The summed E-state index contributed by atoms with van der Waals surface area (Å²) in [6.45, 7) is 3.33. The van der Waals surface area contributed by atoms with Crippen LogP contribution in [-0.4, -0.2) is 19.1 Å². The van der Waals surface area contributed by atoms with Crippen molar-refractivity contribution < 1.29 is 0 Å². The molecule has 17 heavy (non-hydrogen) atoms. The SMILES string of the molecule is c1cc2c(cc1CNCC1CCCN1)CCC2. The van der Waals surface area contributed by atoms with Crippen molar-refractivity contribution in [3.05, 3.63) is 34.9 Å². The molecule has 1 aromatic carbocycles. The fourth-order valence-electron chi connectivity index (χ4n) is 3.06. The number of aryl methyl sites for hydroxylation is 2. The van der Waals surface area contributed by atoms with E-state index < -0.39 is 0 Å². The molecule has 1 aliphatic carbocycles. The second kappa shape index (κ2) is 5.19. The smallest absolute Gasteiger partial charge is 0.0206 e. The van der Waals surface area contributed by atoms with Gasteiger partial charge >= 0.3 is 0 Å². The molecule has 1 atom stereocenters. The van der Waals surface area contributed by atoms with E-state index in [1.807, 2.05) is 0 Å². The molecule has 0 saturated carbocycles. The van der Waals surface area contributed by atoms with Crippen molar-refractivity contribution in [1.29, 1.82) is 0 Å². The number of fused-ring (bicyclic) bond motifs is 1. The first kappa shape index (κ1) is 11.2. The van der Waals surface area contributed by atoms with Gasteiger partial charge in [-0.15, -0.1) is 0 Å². The Morgan fingerprint density at radius 3 is 3.00 bits per heavy atom. The van der Waals surface area contributed by atoms with Crippen LogP contribution in [0.1, 0.15) is 36.0 Å². The topological polar surface area (TPSA) is 24.1 Å². The van der Waals surface area contributed by atoms with E-state index in [0.29, 0.717) is 6.04 Å². The second-order valence-corrected chi connectivity index (χ2v) is 5.38. The molecule has 0 amide bonds. The van der Waals surface area contributed by atoms with Gasteiger partial charge in [0.05, 0.1) is 0 Å². The summed E-state index contributed by atoms with van der Waals surface area (Å²) in [5, 5.41) is 7.09. The third kappa shape index (κ3) is 2.70. The predicted molar refractivity (Wildman–Crippen MR) is 71.2 cm³/mol. The highest BCUT2D eigenvalue weighted by Crippen LogP contribution is 2.22. The van der Waals surface area contributed by atoms with Gasteiger partial charge in [-0.25, -0.2) is 0 Å². The number of benzene rings is 1. The summed E-state index contributed by atoms with van der Waals surface area (Å²) in [5.74, 6) is 0. The Bertz CT molecular complexity index is 381. The third-order valence-corrected chi connectivity index (χ3v) is 4.05. The molecule has 0 spiro atoms. The molecule has 1 aliphatic heterocycles. The maximum absolute atomic E-state index is 3.57. The zero-order chi connectivity index (χ0) is 11.5. The van der Waals surface area contributed by atoms with Crippen LogP contribution < -0.4 is 10.6 Å². The molecule has 2 heteroatoms. The largest absolute Gasteiger partial charge is 0.313 e. The highest BCUT2D eigenvalue weighted by molar-refractivity contribution is 5.35. The highest BCUT2D eigenvalue weighted by atomic mass is 15.0. The first-order valence-electron chi connectivity index (χ1n) is 6.96. The van der Waals surface area contributed by atoms with E-state index in [4.69, 9.17) is 0 Å². The summed E-state index contributed by atoms with van der Waals surface area (Å²) in [7, 11) is 0. The van der Waals surface area contributed by atoms with Crippen LogP contribution in [0, 0.1) is 0 Å². The van der Waals surface area contributed by atoms with Crippen molar-refractivity contribution >= 4 is 0 Å². The highest BCUT2D eigenvalue weighted by Gasteiger charge is 2.13. The Hall–Kier alpha value is -0.860. The molecule has 1 fully saturated rings. The summed E-state index contributed by atoms with van der Waals surface area (Å²) in [5.41, 5.74) is 4.61. The van der Waals surface area contributed by atoms with Crippen LogP contribution in [0.4, 0.5) is 0 Å². The molecule has 0 aromatic heterocycles. The monoisotopic (exact) mass is 230 g/mol. The molecule has 1 saturated heterocycles. The Morgan fingerprint density at radius 1 is 1.18 bits per heavy atom. The minimum Gasteiger partial charge on any atom is -0.313 e. The van der Waals surface area contributed by atoms with Crippen molar-refractivity contribution in [2.24, 2.45) is 0 Å². The third-order valence-electron chi connectivity index (χ3n) is 4.05. The summed E-state index contributed by atoms with van der Waals surface area (Å²) in [6, 6.07) is 7.72. The van der Waals surface area contributed by atoms with Gasteiger partial charge < -0.3 is 10.6 Å². The molecule has 2 aliphatic rings. The van der Waals surface area contributed by atoms with Crippen molar-refractivity contribution in [3.63, 3.8) is 0 Å². The molecule has 1 heterocycles. The van der Waals surface area contributed by atoms with Crippen LogP contribution in [0.5, 0.6) is 0 Å². The van der Waals surface area contributed by atoms with Gasteiger partial charge in [0.15, 0.2) is 0 Å². The van der Waals surface area contributed by atoms with E-state index >= 15 is 0 Å². The maximum atomic E-state index is 3.57. The fourth-order valence-corrected chi connectivity index (χ4v) is 3.06. The van der Waals surface area contributed by atoms with Crippen molar-refractivity contribution in [3.8, 4) is 0 Å². The van der Waals surface area contributed by atoms with Gasteiger partial charge in [-0.2, -0.15) is 0 Å².